The van der Waals surface area contributed by atoms with Gasteiger partial charge in [-0.3, -0.25) is 4.79 Å². The van der Waals surface area contributed by atoms with E-state index >= 15 is 0 Å². The summed E-state index contributed by atoms with van der Waals surface area (Å²) in [4.78, 5) is 14.3. The van der Waals surface area contributed by atoms with Crippen LogP contribution in [0.4, 0.5) is 0 Å². The highest BCUT2D eigenvalue weighted by molar-refractivity contribution is 9.10. The molecule has 0 atom stereocenters. The Morgan fingerprint density at radius 2 is 2.10 bits per heavy atom. The molecule has 1 aliphatic heterocycles. The Morgan fingerprint density at radius 1 is 1.38 bits per heavy atom. The van der Waals surface area contributed by atoms with Crippen LogP contribution in [0, 0.1) is 0 Å². The molecule has 0 spiro atoms. The first-order valence-electron chi connectivity index (χ1n) is 7.17. The molecule has 0 unspecified atom stereocenters. The SMILES string of the molecule is NCCCOC1CCN(C(=O)c2cc(Cl)cc(Br)c2)CC1. The number of nitrogens with zero attached hydrogens (tertiary/aromatic N) is 1. The number of halogens is 2. The Kier molecular flexibility index (Phi) is 6.48. The smallest absolute Gasteiger partial charge is 0.253 e. The summed E-state index contributed by atoms with van der Waals surface area (Å²) in [5, 5.41) is 0.563. The van der Waals surface area contributed by atoms with Crippen LogP contribution >= 0.6 is 27.5 Å². The van der Waals surface area contributed by atoms with Crippen molar-refractivity contribution in [1.82, 2.24) is 4.90 Å². The maximum Gasteiger partial charge on any atom is 0.253 e. The van der Waals surface area contributed by atoms with Crippen LogP contribution in [-0.2, 0) is 4.74 Å². The highest BCUT2D eigenvalue weighted by atomic mass is 79.9. The molecule has 1 aliphatic rings. The number of nitrogens with two attached hydrogens (primary N) is 1. The van der Waals surface area contributed by atoms with Gasteiger partial charge in [0.25, 0.3) is 5.91 Å². The second-order valence-corrected chi connectivity index (χ2v) is 6.51. The zero-order valence-corrected chi connectivity index (χ0v) is 14.2. The van der Waals surface area contributed by atoms with E-state index in [-0.39, 0.29) is 12.0 Å². The van der Waals surface area contributed by atoms with E-state index < -0.39 is 0 Å². The van der Waals surface area contributed by atoms with Gasteiger partial charge < -0.3 is 15.4 Å². The van der Waals surface area contributed by atoms with Crippen LogP contribution in [0.5, 0.6) is 0 Å². The first-order valence-corrected chi connectivity index (χ1v) is 8.34. The molecule has 116 valence electrons. The predicted octanol–water partition coefficient (Wildman–Crippen LogP) is 3.07. The van der Waals surface area contributed by atoms with Gasteiger partial charge in [0.05, 0.1) is 6.10 Å². The molecule has 1 saturated heterocycles. The second-order valence-electron chi connectivity index (χ2n) is 5.16. The molecule has 1 aromatic rings. The minimum atomic E-state index is 0.0265. The lowest BCUT2D eigenvalue weighted by molar-refractivity contribution is 0.00844. The molecule has 2 N–H and O–H groups in total. The molecule has 1 fully saturated rings. The zero-order valence-electron chi connectivity index (χ0n) is 11.9. The summed E-state index contributed by atoms with van der Waals surface area (Å²) < 4.78 is 6.57. The maximum atomic E-state index is 12.5. The van der Waals surface area contributed by atoms with Crippen LogP contribution in [-0.4, -0.2) is 43.2 Å². The van der Waals surface area contributed by atoms with Gasteiger partial charge in [0.1, 0.15) is 0 Å². The summed E-state index contributed by atoms with van der Waals surface area (Å²) in [6.07, 6.45) is 2.87. The minimum absolute atomic E-state index is 0.0265. The van der Waals surface area contributed by atoms with Crippen molar-refractivity contribution >= 4 is 33.4 Å². The van der Waals surface area contributed by atoms with Crippen LogP contribution in [0.25, 0.3) is 0 Å². The Bertz CT molecular complexity index is 470. The van der Waals surface area contributed by atoms with E-state index in [0.717, 1.165) is 36.8 Å². The normalized spacial score (nSPS) is 16.2. The van der Waals surface area contributed by atoms with Crippen molar-refractivity contribution in [2.45, 2.75) is 25.4 Å². The standard InChI is InChI=1S/C15H20BrClN2O2/c16-12-8-11(9-13(17)10-12)15(20)19-5-2-14(3-6-19)21-7-1-4-18/h8-10,14H,1-7,18H2. The van der Waals surface area contributed by atoms with Gasteiger partial charge in [-0.25, -0.2) is 0 Å². The van der Waals surface area contributed by atoms with Gasteiger partial charge in [-0.2, -0.15) is 0 Å². The van der Waals surface area contributed by atoms with Crippen molar-refractivity contribution in [1.29, 1.82) is 0 Å². The van der Waals surface area contributed by atoms with E-state index in [1.165, 1.54) is 0 Å². The lowest BCUT2D eigenvalue weighted by Crippen LogP contribution is -2.41. The number of piperidine rings is 1. The van der Waals surface area contributed by atoms with E-state index in [9.17, 15) is 4.79 Å². The summed E-state index contributed by atoms with van der Waals surface area (Å²) in [5.74, 6) is 0.0265. The molecule has 2 rings (SSSR count). The second kappa shape index (κ2) is 8.13. The summed E-state index contributed by atoms with van der Waals surface area (Å²) in [7, 11) is 0. The van der Waals surface area contributed by atoms with Crippen LogP contribution < -0.4 is 5.73 Å². The van der Waals surface area contributed by atoms with Gasteiger partial charge in [-0.15, -0.1) is 0 Å². The largest absolute Gasteiger partial charge is 0.378 e. The third-order valence-corrected chi connectivity index (χ3v) is 4.22. The highest BCUT2D eigenvalue weighted by Gasteiger charge is 2.24. The van der Waals surface area contributed by atoms with Gasteiger partial charge in [-0.05, 0) is 44.0 Å². The first kappa shape index (κ1) is 16.7. The van der Waals surface area contributed by atoms with E-state index in [4.69, 9.17) is 22.1 Å². The third kappa shape index (κ3) is 4.95. The Balaban J connectivity index is 1.88. The Morgan fingerprint density at radius 3 is 2.71 bits per heavy atom. The number of amides is 1. The molecule has 0 aromatic heterocycles. The fraction of sp³-hybridized carbons (Fsp3) is 0.533. The molecule has 0 aliphatic carbocycles. The lowest BCUT2D eigenvalue weighted by atomic mass is 10.1. The van der Waals surface area contributed by atoms with Crippen molar-refractivity contribution in [3.05, 3.63) is 33.3 Å². The van der Waals surface area contributed by atoms with Crippen LogP contribution in [0.1, 0.15) is 29.6 Å². The molecule has 1 heterocycles. The minimum Gasteiger partial charge on any atom is -0.378 e. The van der Waals surface area contributed by atoms with Crippen molar-refractivity contribution in [2.75, 3.05) is 26.2 Å². The lowest BCUT2D eigenvalue weighted by Gasteiger charge is -2.32. The van der Waals surface area contributed by atoms with Gasteiger partial charge in [-0.1, -0.05) is 27.5 Å². The van der Waals surface area contributed by atoms with E-state index in [0.29, 0.717) is 23.7 Å². The predicted molar refractivity (Wildman–Crippen MR) is 87.7 cm³/mol. The summed E-state index contributed by atoms with van der Waals surface area (Å²) in [5.41, 5.74) is 6.07. The van der Waals surface area contributed by atoms with Crippen molar-refractivity contribution in [3.63, 3.8) is 0 Å². The fourth-order valence-corrected chi connectivity index (χ4v) is 3.28. The van der Waals surface area contributed by atoms with E-state index in [1.807, 2.05) is 4.90 Å². The van der Waals surface area contributed by atoms with Crippen molar-refractivity contribution < 1.29 is 9.53 Å². The number of carbonyl (C=O) groups excluding carboxylic acids is 1. The molecule has 0 bridgehead atoms. The average Bonchev–Trinajstić information content (AvgIpc) is 2.46. The summed E-state index contributed by atoms with van der Waals surface area (Å²) in [6.45, 7) is 2.80. The Hall–Kier alpha value is -0.620. The van der Waals surface area contributed by atoms with Gasteiger partial charge in [0.15, 0.2) is 0 Å². The number of hydrogen-bond acceptors (Lipinski definition) is 3. The number of benzene rings is 1. The van der Waals surface area contributed by atoms with Crippen LogP contribution in [0.2, 0.25) is 5.02 Å². The summed E-state index contributed by atoms with van der Waals surface area (Å²) in [6, 6.07) is 5.28. The Labute approximate surface area is 138 Å². The molecule has 0 saturated carbocycles. The fourth-order valence-electron chi connectivity index (χ4n) is 2.42. The van der Waals surface area contributed by atoms with Gasteiger partial charge in [0, 0.05) is 34.8 Å². The molecule has 4 nitrogen and oxygen atoms in total. The number of carbonyl (C=O) groups is 1. The molecular weight excluding hydrogens is 356 g/mol. The summed E-state index contributed by atoms with van der Waals surface area (Å²) >= 11 is 9.36. The number of ether oxygens (including phenoxy) is 1. The number of rotatable bonds is 5. The first-order chi connectivity index (χ1) is 10.1. The zero-order chi connectivity index (χ0) is 15.2. The van der Waals surface area contributed by atoms with Gasteiger partial charge >= 0.3 is 0 Å². The third-order valence-electron chi connectivity index (χ3n) is 3.54. The van der Waals surface area contributed by atoms with Crippen LogP contribution in [0.15, 0.2) is 22.7 Å². The quantitative estimate of drug-likeness (QED) is 0.805. The molecule has 21 heavy (non-hydrogen) atoms. The van der Waals surface area contributed by atoms with Crippen molar-refractivity contribution in [2.24, 2.45) is 5.73 Å². The average molecular weight is 376 g/mol. The molecule has 1 amide bonds. The maximum absolute atomic E-state index is 12.5. The monoisotopic (exact) mass is 374 g/mol. The number of hydrogen-bond donors (Lipinski definition) is 1. The van der Waals surface area contributed by atoms with Gasteiger partial charge in [0.2, 0.25) is 0 Å². The molecule has 0 radical (unpaired) electrons. The molecule has 6 heteroatoms. The molecular formula is C15H20BrClN2O2. The van der Waals surface area contributed by atoms with Crippen LogP contribution in [0.3, 0.4) is 0 Å². The van der Waals surface area contributed by atoms with Crippen molar-refractivity contribution in [3.8, 4) is 0 Å². The van der Waals surface area contributed by atoms with E-state index in [2.05, 4.69) is 15.9 Å². The highest BCUT2D eigenvalue weighted by Crippen LogP contribution is 2.22. The molecule has 1 aromatic carbocycles. The number of likely N-dealkylation sites (tertiary alicyclic amines) is 1. The van der Waals surface area contributed by atoms with E-state index in [1.54, 1.807) is 18.2 Å². The topological polar surface area (TPSA) is 55.6 Å².